The van der Waals surface area contributed by atoms with Crippen molar-refractivity contribution >= 4 is 17.9 Å². The van der Waals surface area contributed by atoms with E-state index in [4.69, 9.17) is 10.5 Å². The highest BCUT2D eigenvalue weighted by molar-refractivity contribution is 5.99. The van der Waals surface area contributed by atoms with Crippen LogP contribution in [0.25, 0.3) is 11.1 Å². The molecule has 2 atom stereocenters. The molecule has 2 fully saturated rings. The Morgan fingerprint density at radius 3 is 2.35 bits per heavy atom. The maximum Gasteiger partial charge on any atom is 0.251 e. The molecule has 0 spiro atoms. The number of carbonyl (C=O) groups excluding carboxylic acids is 2. The monoisotopic (exact) mass is 590 g/mol. The van der Waals surface area contributed by atoms with Crippen molar-refractivity contribution < 1.29 is 14.3 Å². The summed E-state index contributed by atoms with van der Waals surface area (Å²) < 4.78 is 5.50. The molecule has 1 aliphatic carbocycles. The van der Waals surface area contributed by atoms with Crippen LogP contribution in [0.3, 0.4) is 0 Å². The summed E-state index contributed by atoms with van der Waals surface area (Å²) in [4.78, 5) is 30.6. The average Bonchev–Trinajstić information content (AvgIpc) is 3.00. The van der Waals surface area contributed by atoms with Gasteiger partial charge in [-0.15, -0.1) is 0 Å². The molecular formula is C36H54N4O3. The molecule has 0 aromatic heterocycles. The van der Waals surface area contributed by atoms with Gasteiger partial charge in [0.2, 0.25) is 0 Å². The summed E-state index contributed by atoms with van der Waals surface area (Å²) in [5, 5.41) is 3.13. The van der Waals surface area contributed by atoms with E-state index in [0.29, 0.717) is 24.1 Å². The molecule has 0 radical (unpaired) electrons. The second kappa shape index (κ2) is 15.8. The molecule has 2 aliphatic rings. The van der Waals surface area contributed by atoms with Crippen molar-refractivity contribution in [2.45, 2.75) is 85.4 Å². The van der Waals surface area contributed by atoms with Crippen LogP contribution in [0, 0.1) is 24.7 Å². The van der Waals surface area contributed by atoms with E-state index in [1.165, 1.54) is 5.56 Å². The first-order valence-corrected chi connectivity index (χ1v) is 16.5. The van der Waals surface area contributed by atoms with Gasteiger partial charge in [-0.3, -0.25) is 9.69 Å². The molecular weight excluding hydrogens is 536 g/mol. The number of morpholine rings is 1. The number of benzene rings is 2. The van der Waals surface area contributed by atoms with Crippen LogP contribution >= 0.6 is 0 Å². The maximum atomic E-state index is 13.8. The quantitative estimate of drug-likeness (QED) is 0.286. The summed E-state index contributed by atoms with van der Waals surface area (Å²) in [6, 6.07) is 13.7. The molecule has 0 bridgehead atoms. The van der Waals surface area contributed by atoms with Gasteiger partial charge in [-0.25, -0.2) is 0 Å². The average molecular weight is 591 g/mol. The molecule has 1 saturated heterocycles. The highest BCUT2D eigenvalue weighted by Gasteiger charge is 2.27. The highest BCUT2D eigenvalue weighted by atomic mass is 16.5. The van der Waals surface area contributed by atoms with Crippen LogP contribution in [0.2, 0.25) is 0 Å². The summed E-state index contributed by atoms with van der Waals surface area (Å²) in [6.07, 6.45) is 6.14. The van der Waals surface area contributed by atoms with E-state index in [1.54, 1.807) is 0 Å². The zero-order valence-corrected chi connectivity index (χ0v) is 27.1. The normalized spacial score (nSPS) is 20.9. The number of hydrogen-bond donors (Lipinski definition) is 2. The summed E-state index contributed by atoms with van der Waals surface area (Å²) in [6.45, 7) is 16.3. The van der Waals surface area contributed by atoms with Gasteiger partial charge >= 0.3 is 0 Å². The van der Waals surface area contributed by atoms with Gasteiger partial charge in [0.1, 0.15) is 6.29 Å². The highest BCUT2D eigenvalue weighted by Crippen LogP contribution is 2.35. The lowest BCUT2D eigenvalue weighted by Gasteiger charge is -2.38. The van der Waals surface area contributed by atoms with E-state index >= 15 is 0 Å². The topological polar surface area (TPSA) is 87.9 Å². The molecule has 2 aromatic carbocycles. The molecule has 236 valence electrons. The Morgan fingerprint density at radius 2 is 1.74 bits per heavy atom. The van der Waals surface area contributed by atoms with Crippen molar-refractivity contribution in [3.63, 3.8) is 0 Å². The predicted octanol–water partition coefficient (Wildman–Crippen LogP) is 5.82. The molecule has 1 aliphatic heterocycles. The lowest BCUT2D eigenvalue weighted by molar-refractivity contribution is -0.112. The lowest BCUT2D eigenvalue weighted by Crippen LogP contribution is -2.41. The zero-order chi connectivity index (χ0) is 30.9. The second-order valence-corrected chi connectivity index (χ2v) is 13.2. The molecule has 2 aromatic rings. The van der Waals surface area contributed by atoms with Crippen LogP contribution in [0.15, 0.2) is 36.4 Å². The number of aldehydes is 1. The fourth-order valence-corrected chi connectivity index (χ4v) is 6.87. The largest absolute Gasteiger partial charge is 0.379 e. The number of hydrogen-bond acceptors (Lipinski definition) is 6. The summed E-state index contributed by atoms with van der Waals surface area (Å²) in [7, 11) is 0. The number of nitrogens with two attached hydrogens (primary N) is 1. The molecule has 1 amide bonds. The molecule has 3 N–H and O–H groups in total. The van der Waals surface area contributed by atoms with Crippen molar-refractivity contribution in [3.8, 4) is 11.1 Å². The lowest BCUT2D eigenvalue weighted by atomic mass is 9.87. The number of anilines is 1. The minimum absolute atomic E-state index is 0.116. The minimum Gasteiger partial charge on any atom is -0.379 e. The minimum atomic E-state index is -0.202. The Balaban J connectivity index is 1.63. The third-order valence-electron chi connectivity index (χ3n) is 9.50. The molecule has 1 saturated carbocycles. The van der Waals surface area contributed by atoms with E-state index < -0.39 is 0 Å². The van der Waals surface area contributed by atoms with Crippen LogP contribution in [0.1, 0.15) is 81.3 Å². The van der Waals surface area contributed by atoms with Gasteiger partial charge in [0.05, 0.1) is 13.2 Å². The fraction of sp³-hybridized carbons (Fsp3) is 0.611. The van der Waals surface area contributed by atoms with Crippen LogP contribution < -0.4 is 16.0 Å². The van der Waals surface area contributed by atoms with Gasteiger partial charge in [-0.1, -0.05) is 45.0 Å². The predicted molar refractivity (Wildman–Crippen MR) is 176 cm³/mol. The smallest absolute Gasteiger partial charge is 0.251 e. The molecule has 1 heterocycles. The maximum absolute atomic E-state index is 13.8. The number of nitrogens with zero attached hydrogens (tertiary/aromatic N) is 2. The standard InChI is InChI=1S/C36H54N4O3/c1-6-40(33-13-11-32(37)12-14-33)35-21-30(29-9-7-28(8-10-29)23-39-15-17-43-18-16-39)20-34(27(35)5)36(42)38-22-31(24-41)26(4)19-25(2)3/h7-10,20-21,24-26,31-33H,6,11-19,22-23,37H2,1-5H3,(H,38,42)/t26?,31?,32-,33-. The summed E-state index contributed by atoms with van der Waals surface area (Å²) in [5.41, 5.74) is 12.4. The second-order valence-electron chi connectivity index (χ2n) is 13.2. The molecule has 2 unspecified atom stereocenters. The Hall–Kier alpha value is -2.74. The third-order valence-corrected chi connectivity index (χ3v) is 9.50. The van der Waals surface area contributed by atoms with Gasteiger partial charge in [0, 0.05) is 62.0 Å². The number of rotatable bonds is 13. The summed E-state index contributed by atoms with van der Waals surface area (Å²) >= 11 is 0. The van der Waals surface area contributed by atoms with E-state index in [0.717, 1.165) is 100 Å². The first-order chi connectivity index (χ1) is 20.7. The van der Waals surface area contributed by atoms with Crippen molar-refractivity contribution in [3.05, 3.63) is 53.1 Å². The third kappa shape index (κ3) is 8.90. The van der Waals surface area contributed by atoms with Crippen LogP contribution in [0.4, 0.5) is 5.69 Å². The first kappa shape index (κ1) is 33.2. The van der Waals surface area contributed by atoms with Gasteiger partial charge < -0.3 is 25.5 Å². The molecule has 4 rings (SSSR count). The molecule has 7 nitrogen and oxygen atoms in total. The number of nitrogens with one attached hydrogen (secondary N) is 1. The van der Waals surface area contributed by atoms with Crippen molar-refractivity contribution in [2.75, 3.05) is 44.3 Å². The van der Waals surface area contributed by atoms with Crippen molar-refractivity contribution in [1.29, 1.82) is 0 Å². The van der Waals surface area contributed by atoms with Crippen molar-refractivity contribution in [2.24, 2.45) is 23.5 Å². The SMILES string of the molecule is CCN(c1cc(-c2ccc(CN3CCOCC3)cc2)cc(C(=O)NCC(C=O)C(C)CC(C)C)c1C)[C@H]1CC[C@H](N)CC1. The van der Waals surface area contributed by atoms with Gasteiger partial charge in [0.25, 0.3) is 5.91 Å². The van der Waals surface area contributed by atoms with E-state index in [-0.39, 0.29) is 23.8 Å². The summed E-state index contributed by atoms with van der Waals surface area (Å²) in [5.74, 6) is 0.399. The van der Waals surface area contributed by atoms with Crippen LogP contribution in [-0.4, -0.2) is 68.6 Å². The molecule has 43 heavy (non-hydrogen) atoms. The van der Waals surface area contributed by atoms with Gasteiger partial charge in [-0.05, 0) is 92.2 Å². The van der Waals surface area contributed by atoms with Crippen LogP contribution in [-0.2, 0) is 16.1 Å². The first-order valence-electron chi connectivity index (χ1n) is 16.5. The zero-order valence-electron chi connectivity index (χ0n) is 27.1. The fourth-order valence-electron chi connectivity index (χ4n) is 6.87. The van der Waals surface area contributed by atoms with E-state index in [2.05, 4.69) is 80.1 Å². The van der Waals surface area contributed by atoms with E-state index in [9.17, 15) is 9.59 Å². The number of amides is 1. The van der Waals surface area contributed by atoms with Gasteiger partial charge in [0.15, 0.2) is 0 Å². The van der Waals surface area contributed by atoms with Crippen molar-refractivity contribution in [1.82, 2.24) is 10.2 Å². The van der Waals surface area contributed by atoms with Gasteiger partial charge in [-0.2, -0.15) is 0 Å². The number of ether oxygens (including phenoxy) is 1. The Labute approximate surface area is 259 Å². The number of carbonyl (C=O) groups is 2. The van der Waals surface area contributed by atoms with Crippen LogP contribution in [0.5, 0.6) is 0 Å². The Morgan fingerprint density at radius 1 is 1.07 bits per heavy atom. The Bertz CT molecular complexity index is 1180. The van der Waals surface area contributed by atoms with E-state index in [1.807, 2.05) is 6.07 Å². The Kier molecular flexibility index (Phi) is 12.2. The molecule has 7 heteroatoms.